The Morgan fingerprint density at radius 2 is 1.83 bits per heavy atom. The lowest BCUT2D eigenvalue weighted by atomic mass is 10.3. The monoisotopic (exact) mass is 328 g/mol. The number of rotatable bonds is 5. The van der Waals surface area contributed by atoms with Gasteiger partial charge >= 0.3 is 0 Å². The minimum atomic E-state index is 0.529. The predicted molar refractivity (Wildman–Crippen MR) is 88.2 cm³/mol. The summed E-state index contributed by atoms with van der Waals surface area (Å²) in [4.78, 5) is 18.2. The zero-order valence-corrected chi connectivity index (χ0v) is 14.2. The predicted octanol–water partition coefficient (Wildman–Crippen LogP) is 1.75. The van der Waals surface area contributed by atoms with Crippen molar-refractivity contribution in [2.24, 2.45) is 0 Å². The van der Waals surface area contributed by atoms with E-state index in [9.17, 15) is 0 Å². The van der Waals surface area contributed by atoms with Crippen LogP contribution in [0.5, 0.6) is 0 Å². The quantitative estimate of drug-likeness (QED) is 0.828. The summed E-state index contributed by atoms with van der Waals surface area (Å²) >= 11 is 0. The molecule has 2 aromatic rings. The highest BCUT2D eigenvalue weighted by Crippen LogP contribution is 2.38. The molecule has 7 heteroatoms. The molecule has 1 aliphatic carbocycles. The van der Waals surface area contributed by atoms with E-state index >= 15 is 0 Å². The minimum absolute atomic E-state index is 0.529. The Balaban J connectivity index is 1.29. The van der Waals surface area contributed by atoms with Crippen LogP contribution < -0.4 is 0 Å². The molecule has 0 unspecified atom stereocenters. The van der Waals surface area contributed by atoms with Gasteiger partial charge in [-0.15, -0.1) is 0 Å². The number of hydrogen-bond donors (Lipinski definition) is 0. The Bertz CT molecular complexity index is 666. The van der Waals surface area contributed by atoms with E-state index in [0.717, 1.165) is 68.8 Å². The normalized spacial score (nSPS) is 20.2. The zero-order chi connectivity index (χ0) is 16.4. The Labute approximate surface area is 142 Å². The molecule has 0 radical (unpaired) electrons. The molecule has 2 fully saturated rings. The summed E-state index contributed by atoms with van der Waals surface area (Å²) < 4.78 is 5.36. The van der Waals surface area contributed by atoms with Gasteiger partial charge in [0.2, 0.25) is 5.89 Å². The largest absolute Gasteiger partial charge is 0.339 e. The van der Waals surface area contributed by atoms with Crippen LogP contribution in [0.3, 0.4) is 0 Å². The van der Waals surface area contributed by atoms with Crippen molar-refractivity contribution in [1.29, 1.82) is 0 Å². The van der Waals surface area contributed by atoms with Gasteiger partial charge in [0.15, 0.2) is 5.82 Å². The third kappa shape index (κ3) is 3.96. The molecule has 2 aromatic heterocycles. The van der Waals surface area contributed by atoms with Gasteiger partial charge in [0.1, 0.15) is 0 Å². The standard InChI is InChI=1S/C17H24N6O/c1-13-9-19-15(10-18-13)11-22-5-2-6-23(8-7-22)12-16-20-17(24-21-16)14-3-4-14/h9-10,14H,2-8,11-12H2,1H3. The Kier molecular flexibility index (Phi) is 4.53. The third-order valence-corrected chi connectivity index (χ3v) is 4.68. The van der Waals surface area contributed by atoms with Crippen molar-refractivity contribution >= 4 is 0 Å². The van der Waals surface area contributed by atoms with Gasteiger partial charge in [0.05, 0.1) is 17.9 Å². The van der Waals surface area contributed by atoms with Crippen LogP contribution in [0.2, 0.25) is 0 Å². The lowest BCUT2D eigenvalue weighted by Crippen LogP contribution is -2.30. The first-order chi connectivity index (χ1) is 11.8. The maximum absolute atomic E-state index is 5.36. The van der Waals surface area contributed by atoms with Crippen molar-refractivity contribution in [2.75, 3.05) is 26.2 Å². The number of nitrogens with zero attached hydrogens (tertiary/aromatic N) is 6. The van der Waals surface area contributed by atoms with Gasteiger partial charge in [-0.05, 0) is 39.3 Å². The second-order valence-corrected chi connectivity index (χ2v) is 6.88. The first-order valence-corrected chi connectivity index (χ1v) is 8.81. The maximum Gasteiger partial charge on any atom is 0.229 e. The van der Waals surface area contributed by atoms with Gasteiger partial charge in [-0.1, -0.05) is 5.16 Å². The summed E-state index contributed by atoms with van der Waals surface area (Å²) in [5, 5.41) is 4.14. The SMILES string of the molecule is Cc1cnc(CN2CCCN(Cc3noc(C4CC4)n3)CC2)cn1. The van der Waals surface area contributed by atoms with Crippen LogP contribution in [0.25, 0.3) is 0 Å². The van der Waals surface area contributed by atoms with E-state index in [4.69, 9.17) is 4.52 Å². The molecule has 7 nitrogen and oxygen atoms in total. The summed E-state index contributed by atoms with van der Waals surface area (Å²) in [6, 6.07) is 0. The van der Waals surface area contributed by atoms with Crippen LogP contribution in [0.1, 0.15) is 48.3 Å². The van der Waals surface area contributed by atoms with Crippen molar-refractivity contribution in [1.82, 2.24) is 29.9 Å². The van der Waals surface area contributed by atoms with E-state index in [0.29, 0.717) is 5.92 Å². The van der Waals surface area contributed by atoms with Crippen molar-refractivity contribution < 1.29 is 4.52 Å². The van der Waals surface area contributed by atoms with Gasteiger partial charge < -0.3 is 4.52 Å². The van der Waals surface area contributed by atoms with E-state index in [-0.39, 0.29) is 0 Å². The molecule has 0 N–H and O–H groups in total. The fourth-order valence-electron chi connectivity index (χ4n) is 3.10. The van der Waals surface area contributed by atoms with Crippen molar-refractivity contribution in [3.8, 4) is 0 Å². The lowest BCUT2D eigenvalue weighted by Gasteiger charge is -2.20. The van der Waals surface area contributed by atoms with Crippen LogP contribution in [-0.2, 0) is 13.1 Å². The van der Waals surface area contributed by atoms with Crippen LogP contribution in [0.4, 0.5) is 0 Å². The average Bonchev–Trinajstić information content (AvgIpc) is 3.36. The molecule has 24 heavy (non-hydrogen) atoms. The van der Waals surface area contributed by atoms with Gasteiger partial charge in [-0.3, -0.25) is 19.8 Å². The maximum atomic E-state index is 5.36. The number of aromatic nitrogens is 4. The molecule has 0 atom stereocenters. The van der Waals surface area contributed by atoms with Crippen LogP contribution >= 0.6 is 0 Å². The average molecular weight is 328 g/mol. The molecule has 1 saturated heterocycles. The van der Waals surface area contributed by atoms with E-state index in [1.165, 1.54) is 12.8 Å². The van der Waals surface area contributed by atoms with E-state index in [1.54, 1.807) is 0 Å². The van der Waals surface area contributed by atoms with Gasteiger partial charge in [0, 0.05) is 37.9 Å². The first kappa shape index (κ1) is 15.7. The fraction of sp³-hybridized carbons (Fsp3) is 0.647. The van der Waals surface area contributed by atoms with Crippen molar-refractivity contribution in [3.05, 3.63) is 35.5 Å². The molecule has 3 heterocycles. The van der Waals surface area contributed by atoms with Crippen molar-refractivity contribution in [3.63, 3.8) is 0 Å². The highest BCUT2D eigenvalue weighted by Gasteiger charge is 2.29. The summed E-state index contributed by atoms with van der Waals surface area (Å²) in [6.07, 6.45) is 7.26. The molecule has 0 aromatic carbocycles. The summed E-state index contributed by atoms with van der Waals surface area (Å²) in [7, 11) is 0. The minimum Gasteiger partial charge on any atom is -0.339 e. The molecular formula is C17H24N6O. The van der Waals surface area contributed by atoms with Gasteiger partial charge in [-0.2, -0.15) is 4.98 Å². The number of aryl methyl sites for hydroxylation is 1. The highest BCUT2D eigenvalue weighted by atomic mass is 16.5. The zero-order valence-electron chi connectivity index (χ0n) is 14.2. The Morgan fingerprint density at radius 3 is 2.54 bits per heavy atom. The molecule has 0 amide bonds. The Hall–Kier alpha value is -1.86. The van der Waals surface area contributed by atoms with Gasteiger partial charge in [-0.25, -0.2) is 0 Å². The summed E-state index contributed by atoms with van der Waals surface area (Å²) in [5.41, 5.74) is 2.01. The summed E-state index contributed by atoms with van der Waals surface area (Å²) in [5.74, 6) is 2.19. The molecule has 2 aliphatic rings. The molecule has 128 valence electrons. The molecule has 0 bridgehead atoms. The van der Waals surface area contributed by atoms with E-state index in [1.807, 2.05) is 19.3 Å². The highest BCUT2D eigenvalue weighted by molar-refractivity contribution is 5.02. The Morgan fingerprint density at radius 1 is 1.04 bits per heavy atom. The van der Waals surface area contributed by atoms with E-state index < -0.39 is 0 Å². The molecule has 0 spiro atoms. The number of hydrogen-bond acceptors (Lipinski definition) is 7. The second kappa shape index (κ2) is 6.94. The van der Waals surface area contributed by atoms with Crippen LogP contribution in [0.15, 0.2) is 16.9 Å². The third-order valence-electron chi connectivity index (χ3n) is 4.68. The molecular weight excluding hydrogens is 304 g/mol. The topological polar surface area (TPSA) is 71.2 Å². The fourth-order valence-corrected chi connectivity index (χ4v) is 3.10. The second-order valence-electron chi connectivity index (χ2n) is 6.88. The van der Waals surface area contributed by atoms with Crippen LogP contribution in [0, 0.1) is 6.92 Å². The lowest BCUT2D eigenvalue weighted by molar-refractivity contribution is 0.239. The van der Waals surface area contributed by atoms with Crippen molar-refractivity contribution in [2.45, 2.75) is 45.2 Å². The van der Waals surface area contributed by atoms with Gasteiger partial charge in [0.25, 0.3) is 0 Å². The molecule has 4 rings (SSSR count). The van der Waals surface area contributed by atoms with E-state index in [2.05, 4.69) is 29.9 Å². The smallest absolute Gasteiger partial charge is 0.229 e. The first-order valence-electron chi connectivity index (χ1n) is 8.81. The van der Waals surface area contributed by atoms with Crippen LogP contribution in [-0.4, -0.2) is 56.1 Å². The molecule has 1 saturated carbocycles. The summed E-state index contributed by atoms with van der Waals surface area (Å²) in [6.45, 7) is 7.83. The molecule has 1 aliphatic heterocycles.